The summed E-state index contributed by atoms with van der Waals surface area (Å²) >= 11 is 0. The molecule has 3 rings (SSSR count). The van der Waals surface area contributed by atoms with Crippen LogP contribution in [0.25, 0.3) is 0 Å². The highest BCUT2D eigenvalue weighted by molar-refractivity contribution is 6.02. The number of nitrogens with one attached hydrogen (secondary N) is 1. The van der Waals surface area contributed by atoms with Crippen molar-refractivity contribution in [2.45, 2.75) is 13.3 Å². The summed E-state index contributed by atoms with van der Waals surface area (Å²) in [6, 6.07) is 17.4. The Bertz CT molecular complexity index is 984. The number of nitriles is 1. The molecule has 3 aromatic rings. The highest BCUT2D eigenvalue weighted by Crippen LogP contribution is 2.32. The second-order valence-electron chi connectivity index (χ2n) is 5.68. The van der Waals surface area contributed by atoms with Gasteiger partial charge in [-0.15, -0.1) is 0 Å². The number of ether oxygens (including phenoxy) is 2. The van der Waals surface area contributed by atoms with E-state index >= 15 is 0 Å². The Balaban J connectivity index is 1.68. The van der Waals surface area contributed by atoms with E-state index < -0.39 is 0 Å². The van der Waals surface area contributed by atoms with Crippen LogP contribution in [0.4, 0.5) is 5.69 Å². The topological polar surface area (TPSA) is 84.5 Å². The first kappa shape index (κ1) is 18.1. The molecule has 0 fully saturated rings. The first-order valence-corrected chi connectivity index (χ1v) is 8.39. The maximum absolute atomic E-state index is 12.2. The average Bonchev–Trinajstić information content (AvgIpc) is 3.19. The first-order valence-electron chi connectivity index (χ1n) is 8.39. The van der Waals surface area contributed by atoms with Crippen molar-refractivity contribution in [1.82, 2.24) is 0 Å². The number of carbonyl (C=O) groups excluding carboxylic acids is 1. The summed E-state index contributed by atoms with van der Waals surface area (Å²) in [6.07, 6.45) is 0.734. The molecule has 0 aliphatic heterocycles. The van der Waals surface area contributed by atoms with Crippen molar-refractivity contribution in [2.24, 2.45) is 0 Å². The number of methoxy groups -OCH3 is 1. The molecule has 136 valence electrons. The molecule has 2 aromatic carbocycles. The molecule has 6 heteroatoms. The minimum Gasteiger partial charge on any atom is -0.493 e. The van der Waals surface area contributed by atoms with E-state index in [1.54, 1.807) is 54.6 Å². The van der Waals surface area contributed by atoms with E-state index in [4.69, 9.17) is 19.2 Å². The van der Waals surface area contributed by atoms with Gasteiger partial charge in [0.1, 0.15) is 11.5 Å². The number of nitrogens with zero attached hydrogens (tertiary/aromatic N) is 1. The molecule has 6 nitrogen and oxygen atoms in total. The van der Waals surface area contributed by atoms with Crippen LogP contribution < -0.4 is 14.8 Å². The van der Waals surface area contributed by atoms with Crippen molar-refractivity contribution < 1.29 is 18.7 Å². The van der Waals surface area contributed by atoms with Gasteiger partial charge >= 0.3 is 0 Å². The molecule has 0 atom stereocenters. The van der Waals surface area contributed by atoms with Crippen molar-refractivity contribution in [2.75, 3.05) is 12.4 Å². The molecule has 0 aliphatic rings. The number of furan rings is 1. The first-order chi connectivity index (χ1) is 13.1. The predicted molar refractivity (Wildman–Crippen MR) is 100 cm³/mol. The fourth-order valence-electron chi connectivity index (χ4n) is 2.44. The number of hydrogen-bond donors (Lipinski definition) is 1. The van der Waals surface area contributed by atoms with Crippen LogP contribution in [0.1, 0.15) is 28.8 Å². The summed E-state index contributed by atoms with van der Waals surface area (Å²) in [5, 5.41) is 11.7. The molecule has 0 saturated carbocycles. The summed E-state index contributed by atoms with van der Waals surface area (Å²) in [7, 11) is 1.51. The average molecular weight is 362 g/mol. The van der Waals surface area contributed by atoms with Gasteiger partial charge < -0.3 is 19.2 Å². The van der Waals surface area contributed by atoms with Crippen molar-refractivity contribution in [3.8, 4) is 23.3 Å². The van der Waals surface area contributed by atoms with E-state index in [0.717, 1.165) is 12.2 Å². The Labute approximate surface area is 156 Å². The normalized spacial score (nSPS) is 10.1. The smallest absolute Gasteiger partial charge is 0.291 e. The molecule has 0 bridgehead atoms. The van der Waals surface area contributed by atoms with Gasteiger partial charge in [0.15, 0.2) is 17.3 Å². The van der Waals surface area contributed by atoms with Crippen LogP contribution in [-0.2, 0) is 6.42 Å². The van der Waals surface area contributed by atoms with E-state index in [1.165, 1.54) is 7.11 Å². The molecule has 0 spiro atoms. The van der Waals surface area contributed by atoms with Crippen LogP contribution in [0.15, 0.2) is 59.0 Å². The van der Waals surface area contributed by atoms with Gasteiger partial charge in [-0.2, -0.15) is 5.26 Å². The van der Waals surface area contributed by atoms with Crippen LogP contribution in [0.2, 0.25) is 0 Å². The summed E-state index contributed by atoms with van der Waals surface area (Å²) in [4.78, 5) is 12.2. The predicted octanol–water partition coefficient (Wildman–Crippen LogP) is 4.77. The zero-order valence-electron chi connectivity index (χ0n) is 15.0. The molecule has 0 unspecified atom stereocenters. The minimum atomic E-state index is -0.308. The molecule has 1 N–H and O–H groups in total. The number of anilines is 1. The van der Waals surface area contributed by atoms with Crippen molar-refractivity contribution in [3.05, 3.63) is 71.7 Å². The second kappa shape index (κ2) is 8.11. The third kappa shape index (κ3) is 4.28. The molecule has 1 amide bonds. The van der Waals surface area contributed by atoms with Gasteiger partial charge in [-0.3, -0.25) is 4.79 Å². The summed E-state index contributed by atoms with van der Waals surface area (Å²) in [5.41, 5.74) is 1.11. The van der Waals surface area contributed by atoms with Crippen LogP contribution in [0, 0.1) is 11.3 Å². The SMILES string of the molecule is CCc1ccc(C(=O)Nc2ccc(Oc3ccc(C#N)cc3OC)cc2)o1. The number of rotatable bonds is 6. The number of carbonyl (C=O) groups is 1. The number of aryl methyl sites for hydroxylation is 1. The van der Waals surface area contributed by atoms with Gasteiger partial charge in [-0.1, -0.05) is 6.92 Å². The molecular weight excluding hydrogens is 344 g/mol. The molecule has 1 aromatic heterocycles. The summed E-state index contributed by atoms with van der Waals surface area (Å²) < 4.78 is 16.5. The van der Waals surface area contributed by atoms with E-state index in [-0.39, 0.29) is 11.7 Å². The Kier molecular flexibility index (Phi) is 5.43. The van der Waals surface area contributed by atoms with E-state index in [2.05, 4.69) is 11.4 Å². The lowest BCUT2D eigenvalue weighted by Gasteiger charge is -2.11. The number of amides is 1. The van der Waals surface area contributed by atoms with E-state index in [0.29, 0.717) is 28.5 Å². The standard InChI is InChI=1S/C21H18N2O4/c1-3-16-9-11-19(26-16)21(24)23-15-5-7-17(8-6-15)27-18-10-4-14(13-22)12-20(18)25-2/h4-12H,3H2,1-2H3,(H,23,24). The Morgan fingerprint density at radius 2 is 1.89 bits per heavy atom. The van der Waals surface area contributed by atoms with Crippen molar-refractivity contribution in [3.63, 3.8) is 0 Å². The number of hydrogen-bond acceptors (Lipinski definition) is 5. The third-order valence-corrected chi connectivity index (χ3v) is 3.87. The second-order valence-corrected chi connectivity index (χ2v) is 5.68. The molecule has 0 radical (unpaired) electrons. The Morgan fingerprint density at radius 1 is 1.11 bits per heavy atom. The highest BCUT2D eigenvalue weighted by Gasteiger charge is 2.11. The van der Waals surface area contributed by atoms with Crippen molar-refractivity contribution in [1.29, 1.82) is 5.26 Å². The fraction of sp³-hybridized carbons (Fsp3) is 0.143. The van der Waals surface area contributed by atoms with E-state index in [9.17, 15) is 4.79 Å². The van der Waals surface area contributed by atoms with Gasteiger partial charge in [0.2, 0.25) is 0 Å². The van der Waals surface area contributed by atoms with Crippen LogP contribution in [0.3, 0.4) is 0 Å². The molecule has 0 saturated heterocycles. The van der Waals surface area contributed by atoms with E-state index in [1.807, 2.05) is 6.92 Å². The largest absolute Gasteiger partial charge is 0.493 e. The lowest BCUT2D eigenvalue weighted by molar-refractivity contribution is 0.0995. The Hall–Kier alpha value is -3.72. The molecule has 0 aliphatic carbocycles. The molecule has 1 heterocycles. The lowest BCUT2D eigenvalue weighted by atomic mass is 10.2. The van der Waals surface area contributed by atoms with Gasteiger partial charge in [-0.05, 0) is 48.5 Å². The monoisotopic (exact) mass is 362 g/mol. The van der Waals surface area contributed by atoms with Gasteiger partial charge in [0.25, 0.3) is 5.91 Å². The van der Waals surface area contributed by atoms with Gasteiger partial charge in [-0.25, -0.2) is 0 Å². The van der Waals surface area contributed by atoms with Crippen molar-refractivity contribution >= 4 is 11.6 Å². The van der Waals surface area contributed by atoms with Crippen LogP contribution in [-0.4, -0.2) is 13.0 Å². The molecular formula is C21H18N2O4. The number of benzene rings is 2. The lowest BCUT2D eigenvalue weighted by Crippen LogP contribution is -2.10. The van der Waals surface area contributed by atoms with Crippen LogP contribution in [0.5, 0.6) is 17.2 Å². The Morgan fingerprint density at radius 3 is 2.52 bits per heavy atom. The highest BCUT2D eigenvalue weighted by atomic mass is 16.5. The van der Waals surface area contributed by atoms with Crippen LogP contribution >= 0.6 is 0 Å². The maximum Gasteiger partial charge on any atom is 0.291 e. The van der Waals surface area contributed by atoms with Gasteiger partial charge in [0.05, 0.1) is 18.7 Å². The zero-order chi connectivity index (χ0) is 19.2. The zero-order valence-corrected chi connectivity index (χ0v) is 15.0. The molecule has 27 heavy (non-hydrogen) atoms. The van der Waals surface area contributed by atoms with Gasteiger partial charge in [0, 0.05) is 18.2 Å². The summed E-state index contributed by atoms with van der Waals surface area (Å²) in [6.45, 7) is 1.96. The quantitative estimate of drug-likeness (QED) is 0.683. The minimum absolute atomic E-state index is 0.273. The maximum atomic E-state index is 12.2. The third-order valence-electron chi connectivity index (χ3n) is 3.87. The summed E-state index contributed by atoms with van der Waals surface area (Å²) in [5.74, 6) is 2.26. The fourth-order valence-corrected chi connectivity index (χ4v) is 2.44.